The van der Waals surface area contributed by atoms with Gasteiger partial charge in [0.05, 0.1) is 42.2 Å². The molecule has 1 aliphatic rings. The monoisotopic (exact) mass is 619 g/mol. The standard InChI is InChI=1S/C31H30FN5O6S/c1-20-6-8-22(9-7-20)44(40,41)37-26-19-33-25(29-24(32)4-2-5-27(29)39)17-23(26)30(35-37)21-16-28(43-13-3-12-38)31(34-18-21)36-10-14-42-15-11-36/h2,4-9,16-19,38-39H,3,10-15H2,1H3. The van der Waals surface area contributed by atoms with Crippen molar-refractivity contribution in [2.45, 2.75) is 18.2 Å². The van der Waals surface area contributed by atoms with E-state index in [0.717, 1.165) is 9.65 Å². The number of hydrogen-bond donors (Lipinski definition) is 2. The molecule has 0 amide bonds. The van der Waals surface area contributed by atoms with Crippen LogP contribution < -0.4 is 9.64 Å². The van der Waals surface area contributed by atoms with Crippen LogP contribution in [0.4, 0.5) is 10.2 Å². The number of aryl methyl sites for hydroxylation is 1. The Hall–Kier alpha value is -4.59. The van der Waals surface area contributed by atoms with Gasteiger partial charge in [0.1, 0.15) is 22.8 Å². The molecule has 3 aromatic heterocycles. The molecule has 5 aromatic rings. The minimum Gasteiger partial charge on any atom is -0.507 e. The van der Waals surface area contributed by atoms with Gasteiger partial charge in [-0.2, -0.15) is 17.6 Å². The average Bonchev–Trinajstić information content (AvgIpc) is 3.42. The SMILES string of the molecule is Cc1ccc(S(=O)(=O)n2nc(-c3cnc(N4CCOCC4)c(OCCCO)c3)c3cc(-c4c(O)cccc4F)ncc32)cc1. The number of phenolic OH excluding ortho intramolecular Hbond substituents is 1. The zero-order valence-corrected chi connectivity index (χ0v) is 24.7. The molecule has 0 spiro atoms. The number of aromatic nitrogens is 4. The number of benzene rings is 2. The van der Waals surface area contributed by atoms with Crippen molar-refractivity contribution in [1.29, 1.82) is 0 Å². The third kappa shape index (κ3) is 5.56. The fraction of sp³-hybridized carbons (Fsp3) is 0.258. The molecule has 11 nitrogen and oxygen atoms in total. The van der Waals surface area contributed by atoms with E-state index in [1.165, 1.54) is 42.6 Å². The van der Waals surface area contributed by atoms with Crippen LogP contribution >= 0.6 is 0 Å². The van der Waals surface area contributed by atoms with Crippen LogP contribution in [0.15, 0.2) is 71.9 Å². The van der Waals surface area contributed by atoms with Gasteiger partial charge in [-0.1, -0.05) is 23.8 Å². The molecule has 0 unspecified atom stereocenters. The largest absolute Gasteiger partial charge is 0.507 e. The molecule has 13 heteroatoms. The van der Waals surface area contributed by atoms with E-state index in [1.54, 1.807) is 24.4 Å². The summed E-state index contributed by atoms with van der Waals surface area (Å²) in [6, 6.07) is 13.6. The van der Waals surface area contributed by atoms with Gasteiger partial charge in [0.25, 0.3) is 10.0 Å². The summed E-state index contributed by atoms with van der Waals surface area (Å²) in [5, 5.41) is 24.7. The topological polar surface area (TPSA) is 140 Å². The van der Waals surface area contributed by atoms with E-state index >= 15 is 0 Å². The summed E-state index contributed by atoms with van der Waals surface area (Å²) in [5.41, 5.74) is 1.70. The van der Waals surface area contributed by atoms with E-state index in [4.69, 9.17) is 9.47 Å². The molecular formula is C31H30FN5O6S. The molecule has 0 radical (unpaired) electrons. The molecule has 1 aliphatic heterocycles. The molecular weight excluding hydrogens is 589 g/mol. The molecule has 0 bridgehead atoms. The molecule has 228 valence electrons. The molecule has 0 aliphatic carbocycles. The van der Waals surface area contributed by atoms with E-state index in [1.807, 2.05) is 11.8 Å². The normalized spacial score (nSPS) is 13.8. The number of ether oxygens (including phenoxy) is 2. The molecule has 1 fully saturated rings. The van der Waals surface area contributed by atoms with Crippen molar-refractivity contribution >= 4 is 26.7 Å². The number of aliphatic hydroxyl groups is 1. The molecule has 0 saturated carbocycles. The van der Waals surface area contributed by atoms with Crippen LogP contribution in [0.5, 0.6) is 11.5 Å². The van der Waals surface area contributed by atoms with Crippen LogP contribution in [0.25, 0.3) is 33.4 Å². The van der Waals surface area contributed by atoms with E-state index in [2.05, 4.69) is 15.1 Å². The Morgan fingerprint density at radius 3 is 2.55 bits per heavy atom. The summed E-state index contributed by atoms with van der Waals surface area (Å²) in [6.07, 6.45) is 3.28. The second kappa shape index (κ2) is 12.2. The van der Waals surface area contributed by atoms with E-state index in [9.17, 15) is 23.0 Å². The van der Waals surface area contributed by atoms with Gasteiger partial charge >= 0.3 is 0 Å². The van der Waals surface area contributed by atoms with E-state index in [-0.39, 0.29) is 46.3 Å². The van der Waals surface area contributed by atoms with Crippen molar-refractivity contribution in [3.63, 3.8) is 0 Å². The number of hydrogen-bond acceptors (Lipinski definition) is 10. The Bertz CT molecular complexity index is 1900. The predicted octanol–water partition coefficient (Wildman–Crippen LogP) is 4.15. The summed E-state index contributed by atoms with van der Waals surface area (Å²) in [5.74, 6) is 0.0240. The van der Waals surface area contributed by atoms with Crippen molar-refractivity contribution in [1.82, 2.24) is 19.2 Å². The zero-order valence-electron chi connectivity index (χ0n) is 23.9. The first-order chi connectivity index (χ1) is 21.3. The molecule has 2 aromatic carbocycles. The summed E-state index contributed by atoms with van der Waals surface area (Å²) in [4.78, 5) is 11.1. The molecule has 6 rings (SSSR count). The first-order valence-electron chi connectivity index (χ1n) is 14.0. The highest BCUT2D eigenvalue weighted by molar-refractivity contribution is 7.90. The Labute approximate surface area is 253 Å². The maximum absolute atomic E-state index is 14.9. The number of pyridine rings is 2. The quantitative estimate of drug-likeness (QED) is 0.231. The number of morpholine rings is 1. The Morgan fingerprint density at radius 1 is 1.05 bits per heavy atom. The minimum absolute atomic E-state index is 0.0312. The Morgan fingerprint density at radius 2 is 1.82 bits per heavy atom. The van der Waals surface area contributed by atoms with E-state index in [0.29, 0.717) is 55.2 Å². The summed E-state index contributed by atoms with van der Waals surface area (Å²) < 4.78 is 55.0. The predicted molar refractivity (Wildman–Crippen MR) is 162 cm³/mol. The summed E-state index contributed by atoms with van der Waals surface area (Å²) in [7, 11) is -4.18. The highest BCUT2D eigenvalue weighted by atomic mass is 32.2. The van der Waals surface area contributed by atoms with Crippen LogP contribution in [0.2, 0.25) is 0 Å². The highest BCUT2D eigenvalue weighted by Gasteiger charge is 2.27. The lowest BCUT2D eigenvalue weighted by molar-refractivity contribution is 0.122. The summed E-state index contributed by atoms with van der Waals surface area (Å²) in [6.45, 7) is 4.32. The fourth-order valence-corrected chi connectivity index (χ4v) is 6.30. The molecule has 1 saturated heterocycles. The van der Waals surface area contributed by atoms with Crippen LogP contribution in [0.3, 0.4) is 0 Å². The molecule has 2 N–H and O–H groups in total. The van der Waals surface area contributed by atoms with Crippen molar-refractivity contribution in [2.75, 3.05) is 44.4 Å². The number of nitrogens with zero attached hydrogens (tertiary/aromatic N) is 5. The van der Waals surface area contributed by atoms with Crippen LogP contribution in [0, 0.1) is 12.7 Å². The van der Waals surface area contributed by atoms with Crippen LogP contribution in [-0.2, 0) is 14.8 Å². The van der Waals surface area contributed by atoms with Crippen molar-refractivity contribution in [2.24, 2.45) is 0 Å². The van der Waals surface area contributed by atoms with Gasteiger partial charge < -0.3 is 24.6 Å². The second-order valence-corrected chi connectivity index (χ2v) is 12.1. The van der Waals surface area contributed by atoms with Crippen molar-refractivity contribution in [3.05, 3.63) is 78.4 Å². The van der Waals surface area contributed by atoms with Gasteiger partial charge in [-0.25, -0.2) is 9.37 Å². The third-order valence-corrected chi connectivity index (χ3v) is 8.91. The van der Waals surface area contributed by atoms with Crippen molar-refractivity contribution < 1.29 is 32.5 Å². The number of phenols is 1. The fourth-order valence-electron chi connectivity index (χ4n) is 5.03. The molecule has 44 heavy (non-hydrogen) atoms. The lowest BCUT2D eigenvalue weighted by Gasteiger charge is -2.29. The zero-order chi connectivity index (χ0) is 30.8. The number of halogens is 1. The number of anilines is 1. The average molecular weight is 620 g/mol. The van der Waals surface area contributed by atoms with Crippen LogP contribution in [0.1, 0.15) is 12.0 Å². The van der Waals surface area contributed by atoms with Crippen molar-refractivity contribution in [3.8, 4) is 34.0 Å². The number of aromatic hydroxyl groups is 1. The van der Waals surface area contributed by atoms with Gasteiger partial charge in [0, 0.05) is 43.3 Å². The third-order valence-electron chi connectivity index (χ3n) is 7.31. The number of fused-ring (bicyclic) bond motifs is 1. The Balaban J connectivity index is 1.55. The van der Waals surface area contributed by atoms with Crippen LogP contribution in [-0.4, -0.2) is 77.3 Å². The molecule has 4 heterocycles. The van der Waals surface area contributed by atoms with E-state index < -0.39 is 15.8 Å². The van der Waals surface area contributed by atoms with Gasteiger partial charge in [0.2, 0.25) is 0 Å². The van der Waals surface area contributed by atoms with Gasteiger partial charge in [0.15, 0.2) is 11.6 Å². The second-order valence-electron chi connectivity index (χ2n) is 10.3. The summed E-state index contributed by atoms with van der Waals surface area (Å²) >= 11 is 0. The minimum atomic E-state index is -4.18. The first kappa shape index (κ1) is 29.5. The highest BCUT2D eigenvalue weighted by Crippen LogP contribution is 2.38. The maximum atomic E-state index is 14.9. The maximum Gasteiger partial charge on any atom is 0.283 e. The number of rotatable bonds is 9. The number of aliphatic hydroxyl groups excluding tert-OH is 1. The smallest absolute Gasteiger partial charge is 0.283 e. The lowest BCUT2D eigenvalue weighted by Crippen LogP contribution is -2.37. The Kier molecular flexibility index (Phi) is 8.17. The van der Waals surface area contributed by atoms with Gasteiger partial charge in [-0.05, 0) is 43.3 Å². The van der Waals surface area contributed by atoms with Gasteiger partial charge in [-0.15, -0.1) is 0 Å². The van der Waals surface area contributed by atoms with Gasteiger partial charge in [-0.3, -0.25) is 4.98 Å². The molecule has 0 atom stereocenters. The first-order valence-corrected chi connectivity index (χ1v) is 15.5. The lowest BCUT2D eigenvalue weighted by atomic mass is 10.1.